The molecule has 3 unspecified atom stereocenters. The minimum absolute atomic E-state index is 0.0586. The molecule has 0 aromatic carbocycles. The second-order valence-corrected chi connectivity index (χ2v) is 26.0. The van der Waals surface area contributed by atoms with E-state index in [4.69, 9.17) is 9.05 Å². The second kappa shape index (κ2) is 62.9. The van der Waals surface area contributed by atoms with E-state index in [1.54, 1.807) is 6.08 Å². The molecule has 9 heteroatoms. The fourth-order valence-corrected chi connectivity index (χ4v) is 10.7. The minimum Gasteiger partial charge on any atom is -0.387 e. The van der Waals surface area contributed by atoms with Gasteiger partial charge in [0.25, 0.3) is 0 Å². The molecule has 0 fully saturated rings. The van der Waals surface area contributed by atoms with Gasteiger partial charge in [0, 0.05) is 6.42 Å². The molecule has 3 N–H and O–H groups in total. The van der Waals surface area contributed by atoms with Crippen LogP contribution in [0.3, 0.4) is 0 Å². The van der Waals surface area contributed by atoms with Crippen LogP contribution in [0.25, 0.3) is 0 Å². The van der Waals surface area contributed by atoms with Crippen molar-refractivity contribution in [3.8, 4) is 0 Å². The Balaban J connectivity index is 4.10. The lowest BCUT2D eigenvalue weighted by Gasteiger charge is -2.25. The molecule has 0 heterocycles. The van der Waals surface area contributed by atoms with Crippen LogP contribution in [-0.2, 0) is 18.4 Å². The Morgan fingerprint density at radius 1 is 0.427 bits per heavy atom. The molecule has 82 heavy (non-hydrogen) atoms. The number of nitrogens with zero attached hydrogens (tertiary/aromatic N) is 1. The summed E-state index contributed by atoms with van der Waals surface area (Å²) in [6.45, 7) is 4.73. The van der Waals surface area contributed by atoms with Crippen molar-refractivity contribution in [3.05, 3.63) is 97.2 Å². The molecule has 8 nitrogen and oxygen atoms in total. The molecule has 1 amide bonds. The monoisotopic (exact) mass is 1170 g/mol. The predicted octanol–water partition coefficient (Wildman–Crippen LogP) is 22.1. The van der Waals surface area contributed by atoms with Gasteiger partial charge in [0.1, 0.15) is 13.2 Å². The molecule has 0 bridgehead atoms. The van der Waals surface area contributed by atoms with Gasteiger partial charge in [-0.3, -0.25) is 13.8 Å². The van der Waals surface area contributed by atoms with Gasteiger partial charge >= 0.3 is 7.82 Å². The average Bonchev–Trinajstić information content (AvgIpc) is 3.45. The number of phosphoric ester groups is 1. The van der Waals surface area contributed by atoms with Gasteiger partial charge in [-0.1, -0.05) is 323 Å². The van der Waals surface area contributed by atoms with E-state index < -0.39 is 20.0 Å². The molecular weight excluding hydrogens is 1030 g/mol. The van der Waals surface area contributed by atoms with Crippen molar-refractivity contribution >= 4 is 13.7 Å². The maximum absolute atomic E-state index is 13.1. The molecule has 0 radical (unpaired) electrons. The van der Waals surface area contributed by atoms with Gasteiger partial charge in [-0.05, 0) is 77.0 Å². The second-order valence-electron chi connectivity index (χ2n) is 24.5. The Labute approximate surface area is 509 Å². The number of carbonyl (C=O) groups is 1. The molecule has 476 valence electrons. The highest BCUT2D eigenvalue weighted by Crippen LogP contribution is 2.43. The molecule has 3 atom stereocenters. The topological polar surface area (TPSA) is 105 Å². The quantitative estimate of drug-likeness (QED) is 0.0243. The Morgan fingerprint density at radius 3 is 1.07 bits per heavy atom. The number of phosphoric acid groups is 1. The molecule has 0 rings (SSSR count). The molecular formula is C73H134N2O6P+. The first-order chi connectivity index (χ1) is 40.0. The largest absolute Gasteiger partial charge is 0.472 e. The number of amides is 1. The summed E-state index contributed by atoms with van der Waals surface area (Å²) in [5.41, 5.74) is 0. The van der Waals surface area contributed by atoms with Crippen molar-refractivity contribution in [1.82, 2.24) is 5.32 Å². The SMILES string of the molecule is CC/C=C\C/C=C\C/C=C\C/C=C\C/C=C\C/C=C\C/C=C\CCCCCCCCCCCCCCCC(=O)NC(COP(=O)(O)OCC[N+](C)(C)C)C(O)/C=C/CCCCCCCCCCCCCCCCCCCCCCCCC. The molecule has 0 aliphatic rings. The number of rotatable bonds is 63. The van der Waals surface area contributed by atoms with Gasteiger partial charge in [0.15, 0.2) is 0 Å². The smallest absolute Gasteiger partial charge is 0.387 e. The van der Waals surface area contributed by atoms with E-state index in [0.717, 1.165) is 83.5 Å². The molecule has 0 aliphatic carbocycles. The summed E-state index contributed by atoms with van der Waals surface area (Å²) in [5.74, 6) is -0.178. The Kier molecular flexibility index (Phi) is 61.0. The fourth-order valence-electron chi connectivity index (χ4n) is 9.97. The van der Waals surface area contributed by atoms with Crippen molar-refractivity contribution in [2.75, 3.05) is 40.9 Å². The number of unbranched alkanes of at least 4 members (excludes halogenated alkanes) is 36. The molecule has 0 aromatic rings. The summed E-state index contributed by atoms with van der Waals surface area (Å²) in [7, 11) is 1.57. The van der Waals surface area contributed by atoms with Crippen LogP contribution in [0.15, 0.2) is 97.2 Å². The number of likely N-dealkylation sites (N-methyl/N-ethyl adjacent to an activating group) is 1. The molecule has 0 saturated carbocycles. The van der Waals surface area contributed by atoms with Crippen LogP contribution in [0.2, 0.25) is 0 Å². The predicted molar refractivity (Wildman–Crippen MR) is 359 cm³/mol. The Morgan fingerprint density at radius 2 is 0.732 bits per heavy atom. The standard InChI is InChI=1S/C73H133N2O6P/c1-6-8-10-12-14-16-18-20-22-24-26-28-30-32-33-34-35-36-37-38-39-40-41-43-45-47-49-51-53-55-57-59-61-63-65-67-73(77)74-71(70-81-82(78,79)80-69-68-75(3,4)5)72(76)66-64-62-60-58-56-54-52-50-48-46-44-42-31-29-27-25-23-21-19-17-15-13-11-9-7-2/h8,10,14,16,20,22,26,28,32-33,35-36,38-39,64,66,71-72,76H,6-7,9,11-13,15,17-19,21,23-25,27,29-31,34,37,40-63,65,67-70H2,1-5H3,(H-,74,77,78,79)/p+1/b10-8-,16-14-,22-20-,28-26-,33-32-,36-35-,39-38-,66-64+. The highest BCUT2D eigenvalue weighted by Gasteiger charge is 2.28. The van der Waals surface area contributed by atoms with Gasteiger partial charge in [0.2, 0.25) is 5.91 Å². The first-order valence-electron chi connectivity index (χ1n) is 34.6. The van der Waals surface area contributed by atoms with Crippen LogP contribution in [-0.4, -0.2) is 73.4 Å². The van der Waals surface area contributed by atoms with E-state index in [0.29, 0.717) is 17.4 Å². The third kappa shape index (κ3) is 65.0. The van der Waals surface area contributed by atoms with E-state index in [9.17, 15) is 19.4 Å². The normalized spacial score (nSPS) is 14.3. The molecule has 0 aromatic heterocycles. The lowest BCUT2D eigenvalue weighted by molar-refractivity contribution is -0.870. The number of aliphatic hydroxyl groups is 1. The van der Waals surface area contributed by atoms with Crippen molar-refractivity contribution in [2.45, 2.75) is 321 Å². The van der Waals surface area contributed by atoms with Crippen LogP contribution in [0.1, 0.15) is 309 Å². The van der Waals surface area contributed by atoms with Crippen LogP contribution in [0.5, 0.6) is 0 Å². The molecule has 0 saturated heterocycles. The Bertz CT molecular complexity index is 1660. The zero-order chi connectivity index (χ0) is 59.8. The van der Waals surface area contributed by atoms with E-state index >= 15 is 0 Å². The minimum atomic E-state index is -4.36. The first-order valence-corrected chi connectivity index (χ1v) is 36.1. The summed E-state index contributed by atoms with van der Waals surface area (Å²) in [6.07, 6.45) is 91.1. The van der Waals surface area contributed by atoms with Gasteiger partial charge in [-0.15, -0.1) is 0 Å². The summed E-state index contributed by atoms with van der Waals surface area (Å²) in [5, 5.41) is 14.0. The van der Waals surface area contributed by atoms with Crippen molar-refractivity contribution in [2.24, 2.45) is 0 Å². The average molecular weight is 1170 g/mol. The van der Waals surface area contributed by atoms with E-state index in [2.05, 4.69) is 104 Å². The number of carbonyl (C=O) groups excluding carboxylic acids is 1. The zero-order valence-electron chi connectivity index (χ0n) is 54.5. The number of quaternary nitrogens is 1. The lowest BCUT2D eigenvalue weighted by Crippen LogP contribution is -2.45. The third-order valence-electron chi connectivity index (χ3n) is 15.3. The number of allylic oxidation sites excluding steroid dienone is 15. The van der Waals surface area contributed by atoms with Gasteiger partial charge in [-0.25, -0.2) is 4.57 Å². The van der Waals surface area contributed by atoms with E-state index in [1.807, 2.05) is 27.2 Å². The molecule has 0 aliphatic heterocycles. The van der Waals surface area contributed by atoms with Crippen LogP contribution >= 0.6 is 7.82 Å². The highest BCUT2D eigenvalue weighted by molar-refractivity contribution is 7.47. The maximum Gasteiger partial charge on any atom is 0.472 e. The van der Waals surface area contributed by atoms with Gasteiger partial charge in [-0.2, -0.15) is 0 Å². The number of hydrogen-bond donors (Lipinski definition) is 3. The van der Waals surface area contributed by atoms with Crippen LogP contribution in [0, 0.1) is 0 Å². The van der Waals surface area contributed by atoms with Gasteiger partial charge < -0.3 is 19.8 Å². The first kappa shape index (κ1) is 79.4. The fraction of sp³-hybridized carbons (Fsp3) is 0.767. The number of hydrogen-bond acceptors (Lipinski definition) is 5. The summed E-state index contributed by atoms with van der Waals surface area (Å²) >= 11 is 0. The highest BCUT2D eigenvalue weighted by atomic mass is 31.2. The number of nitrogens with one attached hydrogen (secondary N) is 1. The van der Waals surface area contributed by atoms with E-state index in [-0.39, 0.29) is 19.1 Å². The summed E-state index contributed by atoms with van der Waals surface area (Å²) < 4.78 is 23.8. The van der Waals surface area contributed by atoms with Crippen LogP contribution in [0.4, 0.5) is 0 Å². The van der Waals surface area contributed by atoms with Crippen molar-refractivity contribution < 1.29 is 32.9 Å². The van der Waals surface area contributed by atoms with Crippen molar-refractivity contribution in [1.29, 1.82) is 0 Å². The zero-order valence-corrected chi connectivity index (χ0v) is 55.4. The van der Waals surface area contributed by atoms with Crippen molar-refractivity contribution in [3.63, 3.8) is 0 Å². The third-order valence-corrected chi connectivity index (χ3v) is 16.3. The summed E-state index contributed by atoms with van der Waals surface area (Å²) in [4.78, 5) is 23.4. The van der Waals surface area contributed by atoms with Crippen LogP contribution < -0.4 is 5.32 Å². The number of aliphatic hydroxyl groups excluding tert-OH is 1. The van der Waals surface area contributed by atoms with E-state index in [1.165, 1.54) is 205 Å². The van der Waals surface area contributed by atoms with Gasteiger partial charge in [0.05, 0.1) is 39.9 Å². The molecule has 0 spiro atoms. The lowest BCUT2D eigenvalue weighted by atomic mass is 10.0. The summed E-state index contributed by atoms with van der Waals surface area (Å²) in [6, 6.07) is -0.854. The maximum atomic E-state index is 13.1. The Hall–Kier alpha value is -2.58.